The van der Waals surface area contributed by atoms with Gasteiger partial charge in [-0.1, -0.05) is 19.8 Å². The van der Waals surface area contributed by atoms with Gasteiger partial charge in [-0.3, -0.25) is 9.80 Å². The van der Waals surface area contributed by atoms with E-state index in [4.69, 9.17) is 5.73 Å². The molecule has 0 spiro atoms. The summed E-state index contributed by atoms with van der Waals surface area (Å²) in [5.41, 5.74) is 6.07. The van der Waals surface area contributed by atoms with E-state index in [1.54, 1.807) is 0 Å². The SMILES string of the molecule is CCC1CCC(CN)C(N2CCC(N3CCCC3)C2)C1. The van der Waals surface area contributed by atoms with Gasteiger partial charge >= 0.3 is 0 Å². The van der Waals surface area contributed by atoms with Crippen molar-refractivity contribution in [3.05, 3.63) is 0 Å². The lowest BCUT2D eigenvalue weighted by atomic mass is 9.76. The zero-order valence-corrected chi connectivity index (χ0v) is 13.3. The van der Waals surface area contributed by atoms with E-state index in [1.807, 2.05) is 0 Å². The minimum atomic E-state index is 0.759. The number of hydrogen-bond donors (Lipinski definition) is 1. The second kappa shape index (κ2) is 6.76. The molecule has 3 nitrogen and oxygen atoms in total. The lowest BCUT2D eigenvalue weighted by Crippen LogP contribution is -2.47. The topological polar surface area (TPSA) is 32.5 Å². The molecule has 4 unspecified atom stereocenters. The van der Waals surface area contributed by atoms with E-state index in [9.17, 15) is 0 Å². The molecule has 4 atom stereocenters. The van der Waals surface area contributed by atoms with Crippen molar-refractivity contribution in [3.8, 4) is 0 Å². The molecular weight excluding hydrogens is 246 g/mol. The quantitative estimate of drug-likeness (QED) is 0.857. The van der Waals surface area contributed by atoms with Crippen LogP contribution in [0.5, 0.6) is 0 Å². The summed E-state index contributed by atoms with van der Waals surface area (Å²) in [5, 5.41) is 0. The molecule has 3 heteroatoms. The first-order valence-electron chi connectivity index (χ1n) is 9.00. The molecule has 1 aliphatic carbocycles. The molecule has 3 aliphatic rings. The lowest BCUT2D eigenvalue weighted by molar-refractivity contribution is 0.0928. The van der Waals surface area contributed by atoms with E-state index in [-0.39, 0.29) is 0 Å². The second-order valence-corrected chi connectivity index (χ2v) is 7.33. The third-order valence-corrected chi connectivity index (χ3v) is 6.27. The van der Waals surface area contributed by atoms with Gasteiger partial charge in [0.25, 0.3) is 0 Å². The van der Waals surface area contributed by atoms with Crippen LogP contribution in [0, 0.1) is 11.8 Å². The van der Waals surface area contributed by atoms with Gasteiger partial charge < -0.3 is 5.73 Å². The maximum Gasteiger partial charge on any atom is 0.0235 e. The Hall–Kier alpha value is -0.120. The standard InChI is InChI=1S/C17H33N3/c1-2-14-5-6-15(12-18)17(11-14)20-10-7-16(13-20)19-8-3-4-9-19/h14-17H,2-13,18H2,1H3. The van der Waals surface area contributed by atoms with Crippen LogP contribution in [-0.2, 0) is 0 Å². The maximum absolute atomic E-state index is 6.07. The average Bonchev–Trinajstić information content (AvgIpc) is 3.17. The summed E-state index contributed by atoms with van der Waals surface area (Å²) < 4.78 is 0. The molecular formula is C17H33N3. The smallest absolute Gasteiger partial charge is 0.0235 e. The number of rotatable bonds is 4. The molecule has 0 aromatic carbocycles. The van der Waals surface area contributed by atoms with Crippen LogP contribution in [0.25, 0.3) is 0 Å². The fraction of sp³-hybridized carbons (Fsp3) is 1.00. The Morgan fingerprint density at radius 3 is 2.50 bits per heavy atom. The van der Waals surface area contributed by atoms with Crippen molar-refractivity contribution in [1.29, 1.82) is 0 Å². The fourth-order valence-corrected chi connectivity index (χ4v) is 4.86. The summed E-state index contributed by atoms with van der Waals surface area (Å²) in [6.45, 7) is 8.59. The maximum atomic E-state index is 6.07. The summed E-state index contributed by atoms with van der Waals surface area (Å²) in [5.74, 6) is 1.71. The van der Waals surface area contributed by atoms with Crippen LogP contribution in [0.3, 0.4) is 0 Å². The molecule has 20 heavy (non-hydrogen) atoms. The minimum Gasteiger partial charge on any atom is -0.330 e. The van der Waals surface area contributed by atoms with Crippen molar-refractivity contribution in [2.75, 3.05) is 32.7 Å². The van der Waals surface area contributed by atoms with Gasteiger partial charge in [0.2, 0.25) is 0 Å². The fourth-order valence-electron chi connectivity index (χ4n) is 4.86. The first-order valence-corrected chi connectivity index (χ1v) is 9.00. The van der Waals surface area contributed by atoms with E-state index >= 15 is 0 Å². The first kappa shape index (κ1) is 14.8. The van der Waals surface area contributed by atoms with Crippen LogP contribution in [0.4, 0.5) is 0 Å². The first-order chi connectivity index (χ1) is 9.81. The summed E-state index contributed by atoms with van der Waals surface area (Å²) in [4.78, 5) is 5.56. The predicted octanol–water partition coefficient (Wildman–Crippen LogP) is 2.31. The molecule has 1 saturated carbocycles. The highest BCUT2D eigenvalue weighted by Crippen LogP contribution is 2.35. The normalized spacial score (nSPS) is 40.5. The average molecular weight is 279 g/mol. The highest BCUT2D eigenvalue weighted by molar-refractivity contribution is 4.93. The molecule has 0 bridgehead atoms. The molecule has 2 saturated heterocycles. The van der Waals surface area contributed by atoms with E-state index in [1.165, 1.54) is 71.1 Å². The van der Waals surface area contributed by atoms with Crippen LogP contribution in [0.15, 0.2) is 0 Å². The molecule has 2 aliphatic heterocycles. The number of hydrogen-bond acceptors (Lipinski definition) is 3. The monoisotopic (exact) mass is 279 g/mol. The van der Waals surface area contributed by atoms with Gasteiger partial charge in [0.05, 0.1) is 0 Å². The molecule has 3 fully saturated rings. The van der Waals surface area contributed by atoms with Gasteiger partial charge in [0, 0.05) is 25.2 Å². The Balaban J connectivity index is 1.59. The molecule has 0 radical (unpaired) electrons. The summed E-state index contributed by atoms with van der Waals surface area (Å²) in [6, 6.07) is 1.63. The van der Waals surface area contributed by atoms with Gasteiger partial charge in [0.1, 0.15) is 0 Å². The molecule has 0 aromatic heterocycles. The molecule has 2 heterocycles. The van der Waals surface area contributed by atoms with E-state index in [2.05, 4.69) is 16.7 Å². The van der Waals surface area contributed by atoms with E-state index in [0.717, 1.165) is 30.5 Å². The van der Waals surface area contributed by atoms with Crippen molar-refractivity contribution in [1.82, 2.24) is 9.80 Å². The Labute approximate surface area is 124 Å². The largest absolute Gasteiger partial charge is 0.330 e. The summed E-state index contributed by atoms with van der Waals surface area (Å²) in [6.07, 6.45) is 9.78. The number of nitrogens with zero attached hydrogens (tertiary/aromatic N) is 2. The van der Waals surface area contributed by atoms with Crippen LogP contribution in [-0.4, -0.2) is 54.6 Å². The van der Waals surface area contributed by atoms with Crippen LogP contribution in [0.1, 0.15) is 51.9 Å². The van der Waals surface area contributed by atoms with Gasteiger partial charge in [-0.25, -0.2) is 0 Å². The van der Waals surface area contributed by atoms with Crippen molar-refractivity contribution in [2.24, 2.45) is 17.6 Å². The Bertz CT molecular complexity index is 301. The van der Waals surface area contributed by atoms with Gasteiger partial charge in [-0.05, 0) is 63.6 Å². The third kappa shape index (κ3) is 3.05. The Morgan fingerprint density at radius 1 is 1.00 bits per heavy atom. The van der Waals surface area contributed by atoms with E-state index in [0.29, 0.717) is 0 Å². The molecule has 116 valence electrons. The number of nitrogens with two attached hydrogens (primary N) is 1. The van der Waals surface area contributed by atoms with Gasteiger partial charge in [-0.15, -0.1) is 0 Å². The van der Waals surface area contributed by atoms with E-state index < -0.39 is 0 Å². The van der Waals surface area contributed by atoms with Gasteiger partial charge in [0.15, 0.2) is 0 Å². The van der Waals surface area contributed by atoms with Crippen molar-refractivity contribution in [2.45, 2.75) is 64.0 Å². The molecule has 0 aromatic rings. The molecule has 2 N–H and O–H groups in total. The minimum absolute atomic E-state index is 0.759. The van der Waals surface area contributed by atoms with Gasteiger partial charge in [-0.2, -0.15) is 0 Å². The van der Waals surface area contributed by atoms with Crippen molar-refractivity contribution in [3.63, 3.8) is 0 Å². The summed E-state index contributed by atoms with van der Waals surface area (Å²) >= 11 is 0. The zero-order chi connectivity index (χ0) is 13.9. The lowest BCUT2D eigenvalue weighted by Gasteiger charge is -2.41. The number of likely N-dealkylation sites (tertiary alicyclic amines) is 2. The summed E-state index contributed by atoms with van der Waals surface area (Å²) in [7, 11) is 0. The Morgan fingerprint density at radius 2 is 1.80 bits per heavy atom. The van der Waals surface area contributed by atoms with Crippen LogP contribution in [0.2, 0.25) is 0 Å². The predicted molar refractivity (Wildman–Crippen MR) is 84.7 cm³/mol. The van der Waals surface area contributed by atoms with Crippen molar-refractivity contribution >= 4 is 0 Å². The van der Waals surface area contributed by atoms with Crippen LogP contribution >= 0.6 is 0 Å². The third-order valence-electron chi connectivity index (χ3n) is 6.27. The molecule has 3 rings (SSSR count). The van der Waals surface area contributed by atoms with Crippen LogP contribution < -0.4 is 5.73 Å². The molecule has 0 amide bonds. The highest BCUT2D eigenvalue weighted by Gasteiger charge is 2.38. The Kier molecular flexibility index (Phi) is 5.00. The highest BCUT2D eigenvalue weighted by atomic mass is 15.3. The second-order valence-electron chi connectivity index (χ2n) is 7.33. The van der Waals surface area contributed by atoms with Crippen molar-refractivity contribution < 1.29 is 0 Å². The zero-order valence-electron chi connectivity index (χ0n) is 13.3.